The van der Waals surface area contributed by atoms with E-state index in [1.165, 1.54) is 5.57 Å². The summed E-state index contributed by atoms with van der Waals surface area (Å²) in [5, 5.41) is 0. The largest absolute Gasteiger partial charge is 0.353 e. The van der Waals surface area contributed by atoms with Gasteiger partial charge in [0.05, 0.1) is 0 Å². The van der Waals surface area contributed by atoms with E-state index in [-0.39, 0.29) is 0 Å². The summed E-state index contributed by atoms with van der Waals surface area (Å²) in [6, 6.07) is 0. The summed E-state index contributed by atoms with van der Waals surface area (Å²) in [7, 11) is 4.78. The van der Waals surface area contributed by atoms with E-state index in [2.05, 4.69) is 6.58 Å². The van der Waals surface area contributed by atoms with E-state index in [0.29, 0.717) is 0 Å². The van der Waals surface area contributed by atoms with Gasteiger partial charge in [-0.15, -0.1) is 6.58 Å². The van der Waals surface area contributed by atoms with Gasteiger partial charge in [-0.25, -0.2) is 0 Å². The van der Waals surface area contributed by atoms with E-state index >= 15 is 0 Å². The van der Waals surface area contributed by atoms with E-state index in [9.17, 15) is 0 Å². The van der Waals surface area contributed by atoms with Crippen molar-refractivity contribution in [1.29, 1.82) is 0 Å². The monoisotopic (exact) mass is 120 g/mol. The number of allylic oxidation sites excluding steroid dienone is 1. The van der Waals surface area contributed by atoms with Crippen LogP contribution in [0.15, 0.2) is 12.2 Å². The molecule has 0 rings (SSSR count). The molecule has 0 aromatic carbocycles. The Morgan fingerprint density at radius 2 is 1.50 bits per heavy atom. The standard InChI is InChI=1S/C4H8.Al.ClH.2H/c1-4(2)3;;;;/h1H2,2-3H3;;1H;;/q;+1;;;/p-1. The molecule has 0 unspecified atom stereocenters. The normalized spacial score (nSPS) is 5.17. The van der Waals surface area contributed by atoms with E-state index in [0.717, 1.165) is 15.4 Å². The summed E-state index contributed by atoms with van der Waals surface area (Å²) in [5.41, 5.74) is 1.17. The molecule has 0 aromatic rings. The zero-order chi connectivity index (χ0) is 5.58. The van der Waals surface area contributed by atoms with Gasteiger partial charge in [0.25, 0.3) is 0 Å². The minimum atomic E-state index is 0.778. The second kappa shape index (κ2) is 9.12. The third kappa shape index (κ3) is 183. The molecule has 0 nitrogen and oxygen atoms in total. The fourth-order valence-electron chi connectivity index (χ4n) is 0. The van der Waals surface area contributed by atoms with Crippen LogP contribution >= 0.6 is 10.0 Å². The van der Waals surface area contributed by atoms with Gasteiger partial charge in [-0.2, -0.15) is 0 Å². The first-order chi connectivity index (χ1) is 2.73. The minimum absolute atomic E-state index is 0.778. The maximum atomic E-state index is 4.78. The van der Waals surface area contributed by atoms with Gasteiger partial charge in [0.2, 0.25) is 0 Å². The van der Waals surface area contributed by atoms with Crippen LogP contribution in [0.5, 0.6) is 0 Å². The fraction of sp³-hybridized carbons (Fsp3) is 0.500. The molecular formula is C4H10AlCl. The van der Waals surface area contributed by atoms with E-state index in [4.69, 9.17) is 10.0 Å². The molecule has 0 amide bonds. The molecular weight excluding hydrogens is 110 g/mol. The van der Waals surface area contributed by atoms with Gasteiger partial charge in [-0.05, 0) is 13.8 Å². The highest BCUT2D eigenvalue weighted by Crippen LogP contribution is 1.73. The highest BCUT2D eigenvalue weighted by molar-refractivity contribution is 6.80. The maximum absolute atomic E-state index is 4.78. The molecule has 0 N–H and O–H groups in total. The molecule has 0 heterocycles. The van der Waals surface area contributed by atoms with Crippen molar-refractivity contribution >= 4 is 25.4 Å². The van der Waals surface area contributed by atoms with Crippen LogP contribution in [0.2, 0.25) is 0 Å². The molecule has 0 saturated carbocycles. The average Bonchev–Trinajstić information content (AvgIpc) is 1.41. The molecule has 36 valence electrons. The lowest BCUT2D eigenvalue weighted by Crippen LogP contribution is -1.43. The van der Waals surface area contributed by atoms with Gasteiger partial charge < -0.3 is 0 Å². The number of halogens is 1. The maximum Gasteiger partial charge on any atom is 0.353 e. The highest BCUT2D eigenvalue weighted by atomic mass is 35.6. The zero-order valence-electron chi connectivity index (χ0n) is 4.59. The lowest BCUT2D eigenvalue weighted by molar-refractivity contribution is 1.42. The number of hydrogen-bond donors (Lipinski definition) is 0. The summed E-state index contributed by atoms with van der Waals surface area (Å²) < 4.78 is 0. The van der Waals surface area contributed by atoms with Crippen molar-refractivity contribution in [3.8, 4) is 0 Å². The van der Waals surface area contributed by atoms with Crippen LogP contribution in [0.3, 0.4) is 0 Å². The molecule has 0 aliphatic heterocycles. The molecule has 0 atom stereocenters. The van der Waals surface area contributed by atoms with Crippen LogP contribution in [0.4, 0.5) is 0 Å². The Hall–Kier alpha value is 0.562. The zero-order valence-corrected chi connectivity index (χ0v) is 7.34. The fourth-order valence-corrected chi connectivity index (χ4v) is 0. The van der Waals surface area contributed by atoms with Crippen LogP contribution in [-0.4, -0.2) is 15.4 Å². The molecule has 0 aliphatic rings. The first-order valence-electron chi connectivity index (χ1n) is 1.73. The Kier molecular flexibility index (Phi) is 14.8. The first-order valence-corrected chi connectivity index (χ1v) is 4.76. The Morgan fingerprint density at radius 1 is 1.50 bits per heavy atom. The topological polar surface area (TPSA) is 0 Å². The third-order valence-electron chi connectivity index (χ3n) is 0. The van der Waals surface area contributed by atoms with Crippen molar-refractivity contribution in [2.45, 2.75) is 13.8 Å². The predicted molar refractivity (Wildman–Crippen MR) is 34.9 cm³/mol. The molecule has 0 aromatic heterocycles. The average molecular weight is 121 g/mol. The second-order valence-corrected chi connectivity index (χ2v) is 1.21. The van der Waals surface area contributed by atoms with Crippen molar-refractivity contribution in [3.63, 3.8) is 0 Å². The highest BCUT2D eigenvalue weighted by Gasteiger charge is 1.51. The van der Waals surface area contributed by atoms with Gasteiger partial charge in [0.15, 0.2) is 0 Å². The second-order valence-electron chi connectivity index (χ2n) is 1.21. The number of rotatable bonds is 0. The van der Waals surface area contributed by atoms with Crippen molar-refractivity contribution in [1.82, 2.24) is 0 Å². The van der Waals surface area contributed by atoms with Crippen molar-refractivity contribution < 1.29 is 0 Å². The van der Waals surface area contributed by atoms with Gasteiger partial charge in [-0.1, -0.05) is 5.57 Å². The van der Waals surface area contributed by atoms with Crippen LogP contribution < -0.4 is 0 Å². The van der Waals surface area contributed by atoms with Gasteiger partial charge >= 0.3 is 15.4 Å². The van der Waals surface area contributed by atoms with Crippen LogP contribution in [0.1, 0.15) is 13.8 Å². The summed E-state index contributed by atoms with van der Waals surface area (Å²) in [6.07, 6.45) is 0. The Morgan fingerprint density at radius 3 is 1.50 bits per heavy atom. The van der Waals surface area contributed by atoms with E-state index in [1.807, 2.05) is 13.8 Å². The van der Waals surface area contributed by atoms with Crippen molar-refractivity contribution in [2.24, 2.45) is 0 Å². The smallest absolute Gasteiger partial charge is 0.273 e. The summed E-state index contributed by atoms with van der Waals surface area (Å²) in [6.45, 7) is 7.50. The van der Waals surface area contributed by atoms with Crippen molar-refractivity contribution in [3.05, 3.63) is 12.2 Å². The lowest BCUT2D eigenvalue weighted by atomic mass is 10.4. The molecule has 0 aliphatic carbocycles. The molecule has 2 heteroatoms. The predicted octanol–water partition coefficient (Wildman–Crippen LogP) is 1.36. The van der Waals surface area contributed by atoms with Crippen LogP contribution in [0, 0.1) is 0 Å². The minimum Gasteiger partial charge on any atom is -0.273 e. The van der Waals surface area contributed by atoms with E-state index in [1.54, 1.807) is 0 Å². The van der Waals surface area contributed by atoms with Crippen molar-refractivity contribution in [2.75, 3.05) is 0 Å². The molecule has 0 fully saturated rings. The molecule has 0 radical (unpaired) electrons. The molecule has 0 spiro atoms. The molecule has 0 saturated heterocycles. The van der Waals surface area contributed by atoms with Crippen LogP contribution in [0.25, 0.3) is 0 Å². The summed E-state index contributed by atoms with van der Waals surface area (Å²) in [5.74, 6) is 0. The third-order valence-corrected chi connectivity index (χ3v) is 0. The summed E-state index contributed by atoms with van der Waals surface area (Å²) in [4.78, 5) is 0. The Bertz CT molecular complexity index is 30.5. The Labute approximate surface area is 51.8 Å². The van der Waals surface area contributed by atoms with Gasteiger partial charge in [-0.3, -0.25) is 10.0 Å². The van der Waals surface area contributed by atoms with Crippen LogP contribution in [-0.2, 0) is 0 Å². The SMILES string of the molecule is C=C(C)C.[AlH2][Cl]. The van der Waals surface area contributed by atoms with E-state index < -0.39 is 0 Å². The molecule has 0 bridgehead atoms. The molecule has 6 heavy (non-hydrogen) atoms. The lowest BCUT2D eigenvalue weighted by Gasteiger charge is -1.65. The summed E-state index contributed by atoms with van der Waals surface area (Å²) >= 11 is 0.778. The quantitative estimate of drug-likeness (QED) is 0.335. The first kappa shape index (κ1) is 9.75. The van der Waals surface area contributed by atoms with Gasteiger partial charge in [0, 0.05) is 0 Å². The van der Waals surface area contributed by atoms with Gasteiger partial charge in [0.1, 0.15) is 0 Å². The number of hydrogen-bond acceptors (Lipinski definition) is 0. The Balaban J connectivity index is 0.